The smallest absolute Gasteiger partial charge is 0.205 e. The van der Waals surface area contributed by atoms with Gasteiger partial charge in [-0.25, -0.2) is 0 Å². The molecule has 0 aliphatic rings. The summed E-state index contributed by atoms with van der Waals surface area (Å²) in [4.78, 5) is 0. The van der Waals surface area contributed by atoms with E-state index in [9.17, 15) is 0 Å². The van der Waals surface area contributed by atoms with Crippen LogP contribution in [0.2, 0.25) is 0 Å². The Hall–Kier alpha value is -2.43. The summed E-state index contributed by atoms with van der Waals surface area (Å²) in [6.07, 6.45) is 0. The molecule has 0 aliphatic heterocycles. The highest BCUT2D eigenvalue weighted by Crippen LogP contribution is 2.24. The highest BCUT2D eigenvalue weighted by molar-refractivity contribution is 5.94. The van der Waals surface area contributed by atoms with Crippen molar-refractivity contribution in [2.24, 2.45) is 10.9 Å². The molecule has 1 aromatic carbocycles. The molecule has 0 saturated carbocycles. The maximum absolute atomic E-state index is 8.52. The number of hydrogen-bond donors (Lipinski definition) is 2. The third kappa shape index (κ3) is 2.23. The van der Waals surface area contributed by atoms with Crippen LogP contribution in [0.4, 0.5) is 0 Å². The Kier molecular flexibility index (Phi) is 3.00. The van der Waals surface area contributed by atoms with Gasteiger partial charge in [-0.2, -0.15) is 0 Å². The van der Waals surface area contributed by atoms with Gasteiger partial charge in [-0.05, 0) is 36.4 Å². The van der Waals surface area contributed by atoms with E-state index >= 15 is 0 Å². The van der Waals surface area contributed by atoms with Gasteiger partial charge in [-0.1, -0.05) is 5.16 Å². The van der Waals surface area contributed by atoms with Gasteiger partial charge in [-0.15, -0.1) is 0 Å². The number of benzene rings is 1. The van der Waals surface area contributed by atoms with E-state index in [-0.39, 0.29) is 5.84 Å². The molecule has 0 aliphatic carbocycles. The average Bonchev–Trinajstić information content (AvgIpc) is 2.87. The van der Waals surface area contributed by atoms with E-state index in [1.165, 1.54) is 0 Å². The maximum atomic E-state index is 8.52. The van der Waals surface area contributed by atoms with Crippen LogP contribution in [-0.4, -0.2) is 18.2 Å². The van der Waals surface area contributed by atoms with Gasteiger partial charge in [0.15, 0.2) is 5.76 Å². The van der Waals surface area contributed by atoms with Crippen molar-refractivity contribution in [3.63, 3.8) is 0 Å². The number of ether oxygens (including phenoxy) is 1. The van der Waals surface area contributed by atoms with Crippen LogP contribution in [-0.2, 0) is 0 Å². The standard InChI is InChI=1S/C12H12N2O3/c1-16-9-4-2-8(3-5-9)10-6-7-11(17-10)12(13)14-15/h2-7,15H,1H3,(H2,13,14). The first-order valence-electron chi connectivity index (χ1n) is 4.96. The van der Waals surface area contributed by atoms with Gasteiger partial charge in [0.05, 0.1) is 7.11 Å². The van der Waals surface area contributed by atoms with Gasteiger partial charge in [0.2, 0.25) is 5.84 Å². The molecule has 0 fully saturated rings. The van der Waals surface area contributed by atoms with Crippen molar-refractivity contribution in [2.75, 3.05) is 7.11 Å². The van der Waals surface area contributed by atoms with Crippen molar-refractivity contribution in [3.8, 4) is 17.1 Å². The molecule has 2 aromatic rings. The average molecular weight is 232 g/mol. The molecule has 0 bridgehead atoms. The molecule has 5 heteroatoms. The molecule has 1 aromatic heterocycles. The first-order chi connectivity index (χ1) is 8.24. The molecule has 3 N–H and O–H groups in total. The second kappa shape index (κ2) is 4.61. The van der Waals surface area contributed by atoms with Crippen LogP contribution in [0.1, 0.15) is 5.76 Å². The van der Waals surface area contributed by atoms with Crippen molar-refractivity contribution in [1.82, 2.24) is 0 Å². The van der Waals surface area contributed by atoms with Crippen LogP contribution in [0.15, 0.2) is 46.0 Å². The highest BCUT2D eigenvalue weighted by atomic mass is 16.5. The fourth-order valence-electron chi connectivity index (χ4n) is 1.44. The predicted molar refractivity (Wildman–Crippen MR) is 63.2 cm³/mol. The van der Waals surface area contributed by atoms with E-state index in [2.05, 4.69) is 5.16 Å². The van der Waals surface area contributed by atoms with Crippen molar-refractivity contribution >= 4 is 5.84 Å². The summed E-state index contributed by atoms with van der Waals surface area (Å²) in [7, 11) is 1.61. The van der Waals surface area contributed by atoms with E-state index in [0.717, 1.165) is 11.3 Å². The number of nitrogens with zero attached hydrogens (tertiary/aromatic N) is 1. The van der Waals surface area contributed by atoms with Crippen molar-refractivity contribution in [2.45, 2.75) is 0 Å². The van der Waals surface area contributed by atoms with Crippen LogP contribution in [0, 0.1) is 0 Å². The van der Waals surface area contributed by atoms with E-state index in [0.29, 0.717) is 11.5 Å². The Balaban J connectivity index is 2.30. The molecule has 88 valence electrons. The first-order valence-corrected chi connectivity index (χ1v) is 4.96. The van der Waals surface area contributed by atoms with Gasteiger partial charge >= 0.3 is 0 Å². The zero-order valence-corrected chi connectivity index (χ0v) is 9.25. The summed E-state index contributed by atoms with van der Waals surface area (Å²) in [5.74, 6) is 1.70. The lowest BCUT2D eigenvalue weighted by Gasteiger charge is -2.00. The van der Waals surface area contributed by atoms with E-state index in [1.807, 2.05) is 24.3 Å². The Morgan fingerprint density at radius 1 is 1.24 bits per heavy atom. The SMILES string of the molecule is COc1ccc(-c2ccc(C(N)=NO)o2)cc1. The van der Waals surface area contributed by atoms with Crippen LogP contribution in [0.25, 0.3) is 11.3 Å². The molecular weight excluding hydrogens is 220 g/mol. The predicted octanol–water partition coefficient (Wildman–Crippen LogP) is 2.05. The zero-order chi connectivity index (χ0) is 12.3. The lowest BCUT2D eigenvalue weighted by Crippen LogP contribution is -2.11. The van der Waals surface area contributed by atoms with E-state index < -0.39 is 0 Å². The van der Waals surface area contributed by atoms with Crippen LogP contribution in [0.5, 0.6) is 5.75 Å². The number of oxime groups is 1. The zero-order valence-electron chi connectivity index (χ0n) is 9.25. The largest absolute Gasteiger partial charge is 0.497 e. The summed E-state index contributed by atoms with van der Waals surface area (Å²) >= 11 is 0. The Morgan fingerprint density at radius 3 is 2.53 bits per heavy atom. The topological polar surface area (TPSA) is 81.0 Å². The van der Waals surface area contributed by atoms with Gasteiger partial charge in [0.25, 0.3) is 0 Å². The van der Waals surface area contributed by atoms with Gasteiger partial charge in [0, 0.05) is 5.56 Å². The van der Waals surface area contributed by atoms with E-state index in [4.69, 9.17) is 20.1 Å². The van der Waals surface area contributed by atoms with Gasteiger partial charge in [-0.3, -0.25) is 0 Å². The number of nitrogens with two attached hydrogens (primary N) is 1. The Morgan fingerprint density at radius 2 is 1.94 bits per heavy atom. The fourth-order valence-corrected chi connectivity index (χ4v) is 1.44. The number of furan rings is 1. The Labute approximate surface area is 98.1 Å². The molecule has 5 nitrogen and oxygen atoms in total. The van der Waals surface area contributed by atoms with Crippen LogP contribution >= 0.6 is 0 Å². The molecule has 0 spiro atoms. The molecule has 0 saturated heterocycles. The summed E-state index contributed by atoms with van der Waals surface area (Å²) < 4.78 is 10.5. The monoisotopic (exact) mass is 232 g/mol. The lowest BCUT2D eigenvalue weighted by molar-refractivity contribution is 0.317. The summed E-state index contributed by atoms with van der Waals surface area (Å²) in [5.41, 5.74) is 6.31. The minimum atomic E-state index is -0.0511. The highest BCUT2D eigenvalue weighted by Gasteiger charge is 2.07. The molecule has 0 radical (unpaired) electrons. The minimum Gasteiger partial charge on any atom is -0.497 e. The normalized spacial score (nSPS) is 11.5. The number of rotatable bonds is 3. The van der Waals surface area contributed by atoms with Crippen LogP contribution in [0.3, 0.4) is 0 Å². The van der Waals surface area contributed by atoms with E-state index in [1.54, 1.807) is 19.2 Å². The second-order valence-corrected chi connectivity index (χ2v) is 3.38. The molecule has 0 atom stereocenters. The third-order valence-corrected chi connectivity index (χ3v) is 2.34. The Bertz CT molecular complexity index is 529. The van der Waals surface area contributed by atoms with Gasteiger partial charge in [0.1, 0.15) is 11.5 Å². The molecule has 17 heavy (non-hydrogen) atoms. The minimum absolute atomic E-state index is 0.0511. The summed E-state index contributed by atoms with van der Waals surface area (Å²) in [5, 5.41) is 11.4. The number of methoxy groups -OCH3 is 1. The van der Waals surface area contributed by atoms with Crippen LogP contribution < -0.4 is 10.5 Å². The number of amidine groups is 1. The van der Waals surface area contributed by atoms with Crippen molar-refractivity contribution in [3.05, 3.63) is 42.2 Å². The van der Waals surface area contributed by atoms with Crippen molar-refractivity contribution in [1.29, 1.82) is 0 Å². The fraction of sp³-hybridized carbons (Fsp3) is 0.0833. The molecule has 0 amide bonds. The van der Waals surface area contributed by atoms with Crippen molar-refractivity contribution < 1.29 is 14.4 Å². The molecular formula is C12H12N2O3. The number of hydrogen-bond acceptors (Lipinski definition) is 4. The first kappa shape index (κ1) is 11.1. The third-order valence-electron chi connectivity index (χ3n) is 2.34. The molecule has 2 rings (SSSR count). The summed E-state index contributed by atoms with van der Waals surface area (Å²) in [6, 6.07) is 10.8. The lowest BCUT2D eigenvalue weighted by atomic mass is 10.2. The maximum Gasteiger partial charge on any atom is 0.205 e. The van der Waals surface area contributed by atoms with Gasteiger partial charge < -0.3 is 20.1 Å². The second-order valence-electron chi connectivity index (χ2n) is 3.38. The molecule has 1 heterocycles. The summed E-state index contributed by atoms with van der Waals surface area (Å²) in [6.45, 7) is 0. The quantitative estimate of drug-likeness (QED) is 0.367. The molecule has 0 unspecified atom stereocenters.